The van der Waals surface area contributed by atoms with Crippen molar-refractivity contribution in [2.45, 2.75) is 20.0 Å². The summed E-state index contributed by atoms with van der Waals surface area (Å²) in [5.41, 5.74) is 5.58. The molecule has 2 N–H and O–H groups in total. The molecule has 1 saturated heterocycles. The molecule has 1 amide bonds. The molecular weight excluding hydrogens is 291 g/mol. The number of nitrogens with zero attached hydrogens (tertiary/aromatic N) is 2. The molecule has 0 radical (unpaired) electrons. The first-order valence-electron chi connectivity index (χ1n) is 6.49. The molecule has 0 aliphatic carbocycles. The van der Waals surface area contributed by atoms with Crippen molar-refractivity contribution >= 4 is 23.1 Å². The molecule has 0 bridgehead atoms. The summed E-state index contributed by atoms with van der Waals surface area (Å²) in [5.74, 6) is -0.744. The Bertz CT molecular complexity index is 365. The van der Waals surface area contributed by atoms with Crippen molar-refractivity contribution in [1.82, 2.24) is 9.80 Å². The highest BCUT2D eigenvalue weighted by atomic mass is 32.1. The lowest BCUT2D eigenvalue weighted by Crippen LogP contribution is -2.54. The fourth-order valence-electron chi connectivity index (χ4n) is 2.31. The molecular formula is C12H20F3N3OS. The average Bonchev–Trinajstić information content (AvgIpc) is 2.26. The standard InChI is InChI=1S/C12H20F3N3OS/c1-8(2)9(10(16)20)11(19)18-5-3-17(4-6-18)7-12(13,14)15/h8-9H,3-7H2,1-2H3,(H2,16,20). The van der Waals surface area contributed by atoms with Gasteiger partial charge in [-0.3, -0.25) is 9.69 Å². The largest absolute Gasteiger partial charge is 0.401 e. The van der Waals surface area contributed by atoms with Crippen LogP contribution in [0.15, 0.2) is 0 Å². The fourth-order valence-corrected chi connectivity index (χ4v) is 2.68. The van der Waals surface area contributed by atoms with E-state index in [9.17, 15) is 18.0 Å². The first-order valence-corrected chi connectivity index (χ1v) is 6.90. The molecule has 0 spiro atoms. The lowest BCUT2D eigenvalue weighted by Gasteiger charge is -2.37. The quantitative estimate of drug-likeness (QED) is 0.794. The van der Waals surface area contributed by atoms with E-state index in [4.69, 9.17) is 18.0 Å². The molecule has 0 aromatic rings. The Balaban J connectivity index is 2.56. The number of alkyl halides is 3. The van der Waals surface area contributed by atoms with Crippen molar-refractivity contribution in [3.63, 3.8) is 0 Å². The third-order valence-electron chi connectivity index (χ3n) is 3.33. The monoisotopic (exact) mass is 311 g/mol. The van der Waals surface area contributed by atoms with Gasteiger partial charge < -0.3 is 10.6 Å². The number of piperazine rings is 1. The maximum absolute atomic E-state index is 12.3. The van der Waals surface area contributed by atoms with E-state index in [1.54, 1.807) is 4.90 Å². The minimum Gasteiger partial charge on any atom is -0.393 e. The summed E-state index contributed by atoms with van der Waals surface area (Å²) in [5, 5.41) is 0. The molecule has 0 aromatic carbocycles. The van der Waals surface area contributed by atoms with Gasteiger partial charge in [0.2, 0.25) is 5.91 Å². The van der Waals surface area contributed by atoms with Crippen molar-refractivity contribution in [1.29, 1.82) is 0 Å². The SMILES string of the molecule is CC(C)C(C(=O)N1CCN(CC(F)(F)F)CC1)C(N)=S. The summed E-state index contributed by atoms with van der Waals surface area (Å²) in [7, 11) is 0. The summed E-state index contributed by atoms with van der Waals surface area (Å²) in [6.45, 7) is 3.75. The van der Waals surface area contributed by atoms with Crippen molar-refractivity contribution in [3.05, 3.63) is 0 Å². The Morgan fingerprint density at radius 1 is 1.25 bits per heavy atom. The predicted octanol–water partition coefficient (Wildman–Crippen LogP) is 1.25. The van der Waals surface area contributed by atoms with E-state index in [1.165, 1.54) is 4.90 Å². The van der Waals surface area contributed by atoms with Gasteiger partial charge in [0.25, 0.3) is 0 Å². The highest BCUT2D eigenvalue weighted by Crippen LogP contribution is 2.19. The van der Waals surface area contributed by atoms with Gasteiger partial charge in [-0.25, -0.2) is 0 Å². The highest BCUT2D eigenvalue weighted by Gasteiger charge is 2.35. The van der Waals surface area contributed by atoms with Crippen LogP contribution in [0.4, 0.5) is 13.2 Å². The lowest BCUT2D eigenvalue weighted by molar-refractivity contribution is -0.152. The second-order valence-electron chi connectivity index (χ2n) is 5.34. The van der Waals surface area contributed by atoms with Crippen molar-refractivity contribution in [3.8, 4) is 0 Å². The second-order valence-corrected chi connectivity index (χ2v) is 5.81. The molecule has 1 aliphatic rings. The van der Waals surface area contributed by atoms with Crippen LogP contribution >= 0.6 is 12.2 Å². The van der Waals surface area contributed by atoms with E-state index in [0.717, 1.165) is 0 Å². The van der Waals surface area contributed by atoms with E-state index >= 15 is 0 Å². The van der Waals surface area contributed by atoms with Gasteiger partial charge >= 0.3 is 6.18 Å². The summed E-state index contributed by atoms with van der Waals surface area (Å²) in [6, 6.07) is 0. The molecule has 8 heteroatoms. The van der Waals surface area contributed by atoms with Gasteiger partial charge in [0.15, 0.2) is 0 Å². The Morgan fingerprint density at radius 2 is 1.75 bits per heavy atom. The topological polar surface area (TPSA) is 49.6 Å². The van der Waals surface area contributed by atoms with Crippen molar-refractivity contribution in [2.75, 3.05) is 32.7 Å². The number of halogens is 3. The van der Waals surface area contributed by atoms with Gasteiger partial charge in [0.1, 0.15) is 0 Å². The smallest absolute Gasteiger partial charge is 0.393 e. The van der Waals surface area contributed by atoms with Crippen LogP contribution in [-0.2, 0) is 4.79 Å². The summed E-state index contributed by atoms with van der Waals surface area (Å²) < 4.78 is 36.8. The molecule has 20 heavy (non-hydrogen) atoms. The van der Waals surface area contributed by atoms with E-state index < -0.39 is 18.6 Å². The van der Waals surface area contributed by atoms with Gasteiger partial charge in [-0.05, 0) is 5.92 Å². The Morgan fingerprint density at radius 3 is 2.10 bits per heavy atom. The van der Waals surface area contributed by atoms with E-state index in [2.05, 4.69) is 0 Å². The molecule has 1 heterocycles. The zero-order chi connectivity index (χ0) is 15.5. The van der Waals surface area contributed by atoms with E-state index in [1.807, 2.05) is 13.8 Å². The number of carbonyl (C=O) groups is 1. The molecule has 1 atom stereocenters. The summed E-state index contributed by atoms with van der Waals surface area (Å²) in [6.07, 6.45) is -4.20. The lowest BCUT2D eigenvalue weighted by atomic mass is 9.94. The Hall–Kier alpha value is -0.890. The van der Waals surface area contributed by atoms with E-state index in [0.29, 0.717) is 0 Å². The minimum absolute atomic E-state index is 0.0202. The highest BCUT2D eigenvalue weighted by molar-refractivity contribution is 7.80. The third-order valence-corrected chi connectivity index (χ3v) is 3.58. The zero-order valence-electron chi connectivity index (χ0n) is 11.6. The maximum Gasteiger partial charge on any atom is 0.401 e. The van der Waals surface area contributed by atoms with Crippen LogP contribution in [0.3, 0.4) is 0 Å². The second kappa shape index (κ2) is 6.71. The number of hydrogen-bond donors (Lipinski definition) is 1. The first-order chi connectivity index (χ1) is 9.11. The van der Waals surface area contributed by atoms with Gasteiger partial charge in [-0.1, -0.05) is 26.1 Å². The Kier molecular flexibility index (Phi) is 5.76. The molecule has 0 saturated carbocycles. The molecule has 1 rings (SSSR count). The molecule has 0 aromatic heterocycles. The van der Waals surface area contributed by atoms with Gasteiger partial charge in [0.05, 0.1) is 17.5 Å². The van der Waals surface area contributed by atoms with Crippen LogP contribution in [0.25, 0.3) is 0 Å². The number of nitrogens with two attached hydrogens (primary N) is 1. The number of thiocarbonyl (C=S) groups is 1. The number of carbonyl (C=O) groups excluding carboxylic acids is 1. The van der Waals surface area contributed by atoms with Crippen LogP contribution < -0.4 is 5.73 Å². The first kappa shape index (κ1) is 17.2. The Labute approximate surface area is 122 Å². The summed E-state index contributed by atoms with van der Waals surface area (Å²) in [4.78, 5) is 15.3. The molecule has 116 valence electrons. The van der Waals surface area contributed by atoms with E-state index in [-0.39, 0.29) is 43.0 Å². The van der Waals surface area contributed by atoms with Crippen LogP contribution in [0.2, 0.25) is 0 Å². The third kappa shape index (κ3) is 4.90. The van der Waals surface area contributed by atoms with Crippen molar-refractivity contribution in [2.24, 2.45) is 17.6 Å². The van der Waals surface area contributed by atoms with Crippen LogP contribution in [0, 0.1) is 11.8 Å². The van der Waals surface area contributed by atoms with Gasteiger partial charge in [0, 0.05) is 26.2 Å². The summed E-state index contributed by atoms with van der Waals surface area (Å²) >= 11 is 4.90. The van der Waals surface area contributed by atoms with Crippen LogP contribution in [-0.4, -0.2) is 59.6 Å². The molecule has 1 aliphatic heterocycles. The normalized spacial score (nSPS) is 19.2. The van der Waals surface area contributed by atoms with Crippen LogP contribution in [0.1, 0.15) is 13.8 Å². The zero-order valence-corrected chi connectivity index (χ0v) is 12.4. The predicted molar refractivity (Wildman–Crippen MR) is 74.2 cm³/mol. The maximum atomic E-state index is 12.3. The molecule has 1 fully saturated rings. The number of hydrogen-bond acceptors (Lipinski definition) is 3. The van der Waals surface area contributed by atoms with Gasteiger partial charge in [-0.15, -0.1) is 0 Å². The molecule has 1 unspecified atom stereocenters. The number of amides is 1. The average molecular weight is 311 g/mol. The molecule has 4 nitrogen and oxygen atoms in total. The van der Waals surface area contributed by atoms with Crippen LogP contribution in [0.5, 0.6) is 0 Å². The van der Waals surface area contributed by atoms with Crippen molar-refractivity contribution < 1.29 is 18.0 Å². The number of rotatable bonds is 4. The minimum atomic E-state index is -4.20. The fraction of sp³-hybridized carbons (Fsp3) is 0.833. The van der Waals surface area contributed by atoms with Gasteiger partial charge in [-0.2, -0.15) is 13.2 Å².